The lowest BCUT2D eigenvalue weighted by Gasteiger charge is -2.33. The van der Waals surface area contributed by atoms with Gasteiger partial charge in [-0.3, -0.25) is 4.90 Å². The lowest BCUT2D eigenvalue weighted by molar-refractivity contribution is 0.0526. The van der Waals surface area contributed by atoms with E-state index in [0.29, 0.717) is 18.2 Å². The molecule has 0 radical (unpaired) electrons. The Balaban J connectivity index is 1.78. The number of rotatable bonds is 3. The largest absolute Gasteiger partial charge is 0.462 e. The van der Waals surface area contributed by atoms with Crippen molar-refractivity contribution >= 4 is 5.97 Å². The molecule has 4 heteroatoms. The first kappa shape index (κ1) is 13.6. The first-order chi connectivity index (χ1) is 9.79. The monoisotopic (exact) mass is 274 g/mol. The van der Waals surface area contributed by atoms with Gasteiger partial charge in [0.15, 0.2) is 0 Å². The van der Waals surface area contributed by atoms with Crippen molar-refractivity contribution < 1.29 is 9.53 Å². The molecular weight excluding hydrogens is 252 g/mol. The molecule has 0 saturated carbocycles. The molecule has 20 heavy (non-hydrogen) atoms. The van der Waals surface area contributed by atoms with Gasteiger partial charge in [0.05, 0.1) is 12.2 Å². The Bertz CT molecular complexity index is 495. The topological polar surface area (TPSA) is 41.6 Å². The fourth-order valence-electron chi connectivity index (χ4n) is 3.31. The van der Waals surface area contributed by atoms with Crippen LogP contribution in [0.25, 0.3) is 0 Å². The van der Waals surface area contributed by atoms with E-state index >= 15 is 0 Å². The Hall–Kier alpha value is -1.39. The van der Waals surface area contributed by atoms with Crippen LogP contribution in [-0.2, 0) is 11.2 Å². The number of hydrogen-bond donors (Lipinski definition) is 1. The molecule has 1 unspecified atom stereocenters. The summed E-state index contributed by atoms with van der Waals surface area (Å²) in [4.78, 5) is 14.3. The fraction of sp³-hybridized carbons (Fsp3) is 0.562. The number of esters is 1. The van der Waals surface area contributed by atoms with E-state index in [1.165, 1.54) is 17.5 Å². The van der Waals surface area contributed by atoms with Crippen LogP contribution in [0.5, 0.6) is 0 Å². The summed E-state index contributed by atoms with van der Waals surface area (Å²) >= 11 is 0. The Morgan fingerprint density at radius 3 is 2.95 bits per heavy atom. The summed E-state index contributed by atoms with van der Waals surface area (Å²) in [5, 5.41) is 3.40. The predicted octanol–water partition coefficient (Wildman–Crippen LogP) is 1.76. The maximum Gasteiger partial charge on any atom is 0.338 e. The van der Waals surface area contributed by atoms with Gasteiger partial charge in [0.2, 0.25) is 0 Å². The van der Waals surface area contributed by atoms with Gasteiger partial charge in [-0.15, -0.1) is 0 Å². The van der Waals surface area contributed by atoms with Crippen LogP contribution >= 0.6 is 0 Å². The van der Waals surface area contributed by atoms with Crippen molar-refractivity contribution in [3.63, 3.8) is 0 Å². The Morgan fingerprint density at radius 1 is 1.40 bits per heavy atom. The zero-order chi connectivity index (χ0) is 13.9. The third-order valence-corrected chi connectivity index (χ3v) is 4.29. The molecule has 1 aliphatic heterocycles. The minimum absolute atomic E-state index is 0.207. The van der Waals surface area contributed by atoms with Crippen LogP contribution in [0.2, 0.25) is 0 Å². The quantitative estimate of drug-likeness (QED) is 0.853. The van der Waals surface area contributed by atoms with Gasteiger partial charge in [-0.1, -0.05) is 6.07 Å². The SMILES string of the molecule is CCOC(=O)c1ccc2c(c1)CCC2N1CCNCC1. The van der Waals surface area contributed by atoms with Gasteiger partial charge in [0.25, 0.3) is 0 Å². The van der Waals surface area contributed by atoms with Crippen molar-refractivity contribution in [3.05, 3.63) is 34.9 Å². The molecule has 0 aromatic heterocycles. The van der Waals surface area contributed by atoms with Crippen LogP contribution in [0.3, 0.4) is 0 Å². The van der Waals surface area contributed by atoms with E-state index in [1.54, 1.807) is 0 Å². The molecule has 1 aromatic carbocycles. The van der Waals surface area contributed by atoms with E-state index in [4.69, 9.17) is 4.74 Å². The number of ether oxygens (including phenoxy) is 1. The molecule has 1 saturated heterocycles. The normalized spacial score (nSPS) is 22.6. The third kappa shape index (κ3) is 2.58. The molecular formula is C16H22N2O2. The Morgan fingerprint density at radius 2 is 2.20 bits per heavy atom. The second-order valence-corrected chi connectivity index (χ2v) is 5.47. The zero-order valence-corrected chi connectivity index (χ0v) is 12.0. The number of piperazine rings is 1. The zero-order valence-electron chi connectivity index (χ0n) is 12.0. The number of nitrogens with zero attached hydrogens (tertiary/aromatic N) is 1. The minimum Gasteiger partial charge on any atom is -0.462 e. The maximum absolute atomic E-state index is 11.8. The van der Waals surface area contributed by atoms with Crippen molar-refractivity contribution in [1.29, 1.82) is 0 Å². The van der Waals surface area contributed by atoms with Crippen LogP contribution in [0, 0.1) is 0 Å². The molecule has 1 aromatic rings. The summed E-state index contributed by atoms with van der Waals surface area (Å²) in [6.07, 6.45) is 2.23. The highest BCUT2D eigenvalue weighted by molar-refractivity contribution is 5.89. The molecule has 0 spiro atoms. The summed E-state index contributed by atoms with van der Waals surface area (Å²) in [7, 11) is 0. The molecule has 0 amide bonds. The smallest absolute Gasteiger partial charge is 0.338 e. The molecule has 4 nitrogen and oxygen atoms in total. The van der Waals surface area contributed by atoms with Crippen LogP contribution < -0.4 is 5.32 Å². The molecule has 1 N–H and O–H groups in total. The van der Waals surface area contributed by atoms with Gasteiger partial charge in [-0.25, -0.2) is 4.79 Å². The second-order valence-electron chi connectivity index (χ2n) is 5.47. The second kappa shape index (κ2) is 5.94. The molecule has 1 heterocycles. The lowest BCUT2D eigenvalue weighted by atomic mass is 10.0. The average molecular weight is 274 g/mol. The van der Waals surface area contributed by atoms with Crippen molar-refractivity contribution in [3.8, 4) is 0 Å². The lowest BCUT2D eigenvalue weighted by Crippen LogP contribution is -2.44. The fourth-order valence-corrected chi connectivity index (χ4v) is 3.31. The number of carbonyl (C=O) groups excluding carboxylic acids is 1. The number of hydrogen-bond acceptors (Lipinski definition) is 4. The van der Waals surface area contributed by atoms with Crippen molar-refractivity contribution in [2.24, 2.45) is 0 Å². The molecule has 3 rings (SSSR count). The van der Waals surface area contributed by atoms with Crippen LogP contribution in [-0.4, -0.2) is 43.7 Å². The van der Waals surface area contributed by atoms with Gasteiger partial charge < -0.3 is 10.1 Å². The summed E-state index contributed by atoms with van der Waals surface area (Å²) in [5.41, 5.74) is 3.41. The van der Waals surface area contributed by atoms with Crippen LogP contribution in [0.4, 0.5) is 0 Å². The van der Waals surface area contributed by atoms with Gasteiger partial charge >= 0.3 is 5.97 Å². The molecule has 108 valence electrons. The number of benzene rings is 1. The molecule has 0 bridgehead atoms. The van der Waals surface area contributed by atoms with Crippen molar-refractivity contribution in [2.75, 3.05) is 32.8 Å². The maximum atomic E-state index is 11.8. The molecule has 1 atom stereocenters. The molecule has 1 aliphatic carbocycles. The van der Waals surface area contributed by atoms with Gasteiger partial charge in [0, 0.05) is 32.2 Å². The predicted molar refractivity (Wildman–Crippen MR) is 77.9 cm³/mol. The number of carbonyl (C=O) groups is 1. The highest BCUT2D eigenvalue weighted by Gasteiger charge is 2.29. The van der Waals surface area contributed by atoms with E-state index < -0.39 is 0 Å². The number of aryl methyl sites for hydroxylation is 1. The minimum atomic E-state index is -0.207. The van der Waals surface area contributed by atoms with E-state index in [-0.39, 0.29) is 5.97 Å². The summed E-state index contributed by atoms with van der Waals surface area (Å²) in [6.45, 7) is 6.65. The molecule has 1 fully saturated rings. The van der Waals surface area contributed by atoms with Crippen LogP contribution in [0.15, 0.2) is 18.2 Å². The summed E-state index contributed by atoms with van der Waals surface area (Å²) in [5.74, 6) is -0.207. The van der Waals surface area contributed by atoms with Crippen molar-refractivity contribution in [1.82, 2.24) is 10.2 Å². The number of fused-ring (bicyclic) bond motifs is 1. The van der Waals surface area contributed by atoms with E-state index in [0.717, 1.165) is 32.6 Å². The van der Waals surface area contributed by atoms with E-state index in [9.17, 15) is 4.79 Å². The van der Waals surface area contributed by atoms with E-state index in [2.05, 4.69) is 16.3 Å². The highest BCUT2D eigenvalue weighted by Crippen LogP contribution is 2.36. The summed E-state index contributed by atoms with van der Waals surface area (Å²) in [6, 6.07) is 6.59. The Kier molecular flexibility index (Phi) is 4.03. The average Bonchev–Trinajstić information content (AvgIpc) is 2.91. The van der Waals surface area contributed by atoms with Gasteiger partial charge in [-0.05, 0) is 43.0 Å². The first-order valence-corrected chi connectivity index (χ1v) is 7.54. The van der Waals surface area contributed by atoms with E-state index in [1.807, 2.05) is 19.1 Å². The third-order valence-electron chi connectivity index (χ3n) is 4.29. The van der Waals surface area contributed by atoms with Crippen LogP contribution in [0.1, 0.15) is 40.9 Å². The highest BCUT2D eigenvalue weighted by atomic mass is 16.5. The van der Waals surface area contributed by atoms with Gasteiger partial charge in [0.1, 0.15) is 0 Å². The molecule has 2 aliphatic rings. The Labute approximate surface area is 120 Å². The standard InChI is InChI=1S/C16H22N2O2/c1-2-20-16(19)13-3-5-14-12(11-13)4-6-15(14)18-9-7-17-8-10-18/h3,5,11,15,17H,2,4,6-10H2,1H3. The first-order valence-electron chi connectivity index (χ1n) is 7.54. The van der Waals surface area contributed by atoms with Gasteiger partial charge in [-0.2, -0.15) is 0 Å². The van der Waals surface area contributed by atoms with Crippen molar-refractivity contribution in [2.45, 2.75) is 25.8 Å². The summed E-state index contributed by atoms with van der Waals surface area (Å²) < 4.78 is 5.07. The number of nitrogens with one attached hydrogen (secondary N) is 1.